The minimum absolute atomic E-state index is 0.317. The predicted molar refractivity (Wildman–Crippen MR) is 73.6 cm³/mol. The molecule has 2 rings (SSSR count). The fourth-order valence-electron chi connectivity index (χ4n) is 1.47. The summed E-state index contributed by atoms with van der Waals surface area (Å²) in [5.74, 6) is 0.312. The monoisotopic (exact) mass is 306 g/mol. The van der Waals surface area contributed by atoms with Crippen molar-refractivity contribution < 1.29 is 9.53 Å². The summed E-state index contributed by atoms with van der Waals surface area (Å²) >= 11 is 3.33. The van der Waals surface area contributed by atoms with Gasteiger partial charge < -0.3 is 16.2 Å². The van der Waals surface area contributed by atoms with Gasteiger partial charge in [-0.15, -0.1) is 0 Å². The Hall–Kier alpha value is -2.01. The van der Waals surface area contributed by atoms with E-state index in [-0.39, 0.29) is 0 Å². The molecule has 4 nitrogen and oxygen atoms in total. The van der Waals surface area contributed by atoms with Crippen LogP contribution >= 0.6 is 15.9 Å². The highest BCUT2D eigenvalue weighted by Gasteiger charge is 2.10. The van der Waals surface area contributed by atoms with Crippen molar-refractivity contribution in [3.63, 3.8) is 0 Å². The van der Waals surface area contributed by atoms with Crippen molar-refractivity contribution in [3.05, 3.63) is 52.5 Å². The topological polar surface area (TPSA) is 78.3 Å². The van der Waals surface area contributed by atoms with Crippen LogP contribution in [0.15, 0.2) is 46.9 Å². The Morgan fingerprint density at radius 2 is 1.83 bits per heavy atom. The van der Waals surface area contributed by atoms with E-state index in [9.17, 15) is 4.79 Å². The number of nitrogens with two attached hydrogens (primary N) is 2. The summed E-state index contributed by atoms with van der Waals surface area (Å²) in [7, 11) is 0. The molecule has 5 heteroatoms. The number of hydrogen-bond donors (Lipinski definition) is 2. The van der Waals surface area contributed by atoms with E-state index >= 15 is 0 Å². The van der Waals surface area contributed by atoms with Crippen molar-refractivity contribution in [1.82, 2.24) is 0 Å². The first-order chi connectivity index (χ1) is 8.58. The zero-order chi connectivity index (χ0) is 13.1. The molecular weight excluding hydrogens is 296 g/mol. The number of nitrogen functional groups attached to an aromatic ring is 1. The number of primary amides is 1. The SMILES string of the molecule is NC(=O)c1ccccc1Oc1cc(Br)ccc1N. The van der Waals surface area contributed by atoms with Gasteiger partial charge in [-0.25, -0.2) is 0 Å². The summed E-state index contributed by atoms with van der Waals surface area (Å²) in [4.78, 5) is 11.3. The molecule has 0 fully saturated rings. The minimum atomic E-state index is -0.542. The average molecular weight is 307 g/mol. The molecule has 0 bridgehead atoms. The number of benzene rings is 2. The van der Waals surface area contributed by atoms with E-state index in [1.54, 1.807) is 36.4 Å². The molecule has 2 aromatic rings. The maximum atomic E-state index is 11.3. The van der Waals surface area contributed by atoms with Crippen LogP contribution in [0.1, 0.15) is 10.4 Å². The number of amides is 1. The average Bonchev–Trinajstić information content (AvgIpc) is 2.34. The molecule has 0 aliphatic heterocycles. The van der Waals surface area contributed by atoms with E-state index in [4.69, 9.17) is 16.2 Å². The fourth-order valence-corrected chi connectivity index (χ4v) is 1.81. The zero-order valence-corrected chi connectivity index (χ0v) is 11.0. The van der Waals surface area contributed by atoms with Gasteiger partial charge in [-0.05, 0) is 30.3 Å². The molecule has 0 aliphatic carbocycles. The van der Waals surface area contributed by atoms with Gasteiger partial charge in [0.15, 0.2) is 5.75 Å². The van der Waals surface area contributed by atoms with Crippen LogP contribution in [0.25, 0.3) is 0 Å². The lowest BCUT2D eigenvalue weighted by atomic mass is 10.2. The molecular formula is C13H11BrN2O2. The quantitative estimate of drug-likeness (QED) is 0.856. The molecule has 0 heterocycles. The molecule has 0 atom stereocenters. The highest BCUT2D eigenvalue weighted by atomic mass is 79.9. The van der Waals surface area contributed by atoms with Gasteiger partial charge in [-0.2, -0.15) is 0 Å². The van der Waals surface area contributed by atoms with Crippen LogP contribution < -0.4 is 16.2 Å². The van der Waals surface area contributed by atoms with Crippen molar-refractivity contribution in [2.45, 2.75) is 0 Å². The summed E-state index contributed by atoms with van der Waals surface area (Å²) in [6.07, 6.45) is 0. The van der Waals surface area contributed by atoms with Gasteiger partial charge in [0.2, 0.25) is 0 Å². The van der Waals surface area contributed by atoms with Gasteiger partial charge in [0, 0.05) is 4.47 Å². The molecule has 4 N–H and O–H groups in total. The molecule has 0 saturated carbocycles. The van der Waals surface area contributed by atoms with Gasteiger partial charge in [0.1, 0.15) is 5.75 Å². The second-order valence-corrected chi connectivity index (χ2v) is 4.56. The normalized spacial score (nSPS) is 10.1. The van der Waals surface area contributed by atoms with Gasteiger partial charge >= 0.3 is 0 Å². The van der Waals surface area contributed by atoms with E-state index in [1.807, 2.05) is 6.07 Å². The van der Waals surface area contributed by atoms with E-state index < -0.39 is 5.91 Å². The zero-order valence-electron chi connectivity index (χ0n) is 9.39. The molecule has 1 amide bonds. The summed E-state index contributed by atoms with van der Waals surface area (Å²) in [6.45, 7) is 0. The number of ether oxygens (including phenoxy) is 1. The highest BCUT2D eigenvalue weighted by molar-refractivity contribution is 9.10. The lowest BCUT2D eigenvalue weighted by Crippen LogP contribution is -2.12. The maximum Gasteiger partial charge on any atom is 0.252 e. The summed E-state index contributed by atoms with van der Waals surface area (Å²) in [5.41, 5.74) is 11.9. The van der Waals surface area contributed by atoms with E-state index in [0.29, 0.717) is 22.7 Å². The van der Waals surface area contributed by atoms with Crippen LogP contribution in [0.5, 0.6) is 11.5 Å². The number of anilines is 1. The number of rotatable bonds is 3. The smallest absolute Gasteiger partial charge is 0.252 e. The molecule has 18 heavy (non-hydrogen) atoms. The second-order valence-electron chi connectivity index (χ2n) is 3.64. The Balaban J connectivity index is 2.40. The van der Waals surface area contributed by atoms with Gasteiger partial charge in [-0.1, -0.05) is 28.1 Å². The molecule has 92 valence electrons. The van der Waals surface area contributed by atoms with Crippen LogP contribution in [-0.4, -0.2) is 5.91 Å². The highest BCUT2D eigenvalue weighted by Crippen LogP contribution is 2.31. The largest absolute Gasteiger partial charge is 0.454 e. The molecule has 0 saturated heterocycles. The van der Waals surface area contributed by atoms with Crippen molar-refractivity contribution in [2.75, 3.05) is 5.73 Å². The Bertz CT molecular complexity index is 599. The minimum Gasteiger partial charge on any atom is -0.454 e. The number of hydrogen-bond acceptors (Lipinski definition) is 3. The van der Waals surface area contributed by atoms with E-state index in [1.165, 1.54) is 0 Å². The number of halogens is 1. The van der Waals surface area contributed by atoms with Crippen LogP contribution in [0.3, 0.4) is 0 Å². The third-order valence-electron chi connectivity index (χ3n) is 2.35. The van der Waals surface area contributed by atoms with E-state index in [0.717, 1.165) is 4.47 Å². The van der Waals surface area contributed by atoms with Crippen LogP contribution in [0.4, 0.5) is 5.69 Å². The van der Waals surface area contributed by atoms with Gasteiger partial charge in [-0.3, -0.25) is 4.79 Å². The van der Waals surface area contributed by atoms with Crippen molar-refractivity contribution >= 4 is 27.5 Å². The van der Waals surface area contributed by atoms with Crippen molar-refractivity contribution in [1.29, 1.82) is 0 Å². The standard InChI is InChI=1S/C13H11BrN2O2/c14-8-5-6-10(15)12(7-8)18-11-4-2-1-3-9(11)13(16)17/h1-7H,15H2,(H2,16,17). The van der Waals surface area contributed by atoms with Crippen LogP contribution in [0.2, 0.25) is 0 Å². The van der Waals surface area contributed by atoms with Crippen LogP contribution in [-0.2, 0) is 0 Å². The van der Waals surface area contributed by atoms with Gasteiger partial charge in [0.05, 0.1) is 11.3 Å². The third kappa shape index (κ3) is 2.62. The second kappa shape index (κ2) is 5.10. The molecule has 0 spiro atoms. The maximum absolute atomic E-state index is 11.3. The van der Waals surface area contributed by atoms with E-state index in [2.05, 4.69) is 15.9 Å². The first-order valence-electron chi connectivity index (χ1n) is 5.19. The first kappa shape index (κ1) is 12.4. The lowest BCUT2D eigenvalue weighted by molar-refractivity contribution is 0.0998. The Kier molecular flexibility index (Phi) is 3.53. The Morgan fingerprint density at radius 1 is 1.11 bits per heavy atom. The molecule has 0 radical (unpaired) electrons. The fraction of sp³-hybridized carbons (Fsp3) is 0. The molecule has 2 aromatic carbocycles. The van der Waals surface area contributed by atoms with Crippen molar-refractivity contribution in [3.8, 4) is 11.5 Å². The number of carbonyl (C=O) groups excluding carboxylic acids is 1. The summed E-state index contributed by atoms with van der Waals surface area (Å²) in [6, 6.07) is 12.0. The summed E-state index contributed by atoms with van der Waals surface area (Å²) in [5, 5.41) is 0. The summed E-state index contributed by atoms with van der Waals surface area (Å²) < 4.78 is 6.46. The Labute approximate surface area is 113 Å². The molecule has 0 aliphatic rings. The number of para-hydroxylation sites is 1. The molecule has 0 unspecified atom stereocenters. The molecule has 0 aromatic heterocycles. The van der Waals surface area contributed by atoms with Crippen molar-refractivity contribution in [2.24, 2.45) is 5.73 Å². The van der Waals surface area contributed by atoms with Gasteiger partial charge in [0.25, 0.3) is 5.91 Å². The number of carbonyl (C=O) groups is 1. The van der Waals surface area contributed by atoms with Crippen LogP contribution in [0, 0.1) is 0 Å². The predicted octanol–water partition coefficient (Wildman–Crippen LogP) is 2.92. The third-order valence-corrected chi connectivity index (χ3v) is 2.84. The lowest BCUT2D eigenvalue weighted by Gasteiger charge is -2.11. The first-order valence-corrected chi connectivity index (χ1v) is 5.99. The Morgan fingerprint density at radius 3 is 2.56 bits per heavy atom.